The van der Waals surface area contributed by atoms with Crippen LogP contribution in [0, 0.1) is 0 Å². The molecule has 1 aliphatic heterocycles. The molecule has 1 aliphatic rings. The summed E-state index contributed by atoms with van der Waals surface area (Å²) in [6.07, 6.45) is -1.73. The summed E-state index contributed by atoms with van der Waals surface area (Å²) < 4.78 is 10.2. The number of carbonyl (C=O) groups is 5. The van der Waals surface area contributed by atoms with Gasteiger partial charge in [-0.15, -0.1) is 5.06 Å². The Labute approximate surface area is 173 Å². The highest BCUT2D eigenvalue weighted by molar-refractivity contribution is 6.02. The van der Waals surface area contributed by atoms with Crippen molar-refractivity contribution in [3.63, 3.8) is 0 Å². The molecule has 2 rings (SSSR count). The molecule has 0 bridgehead atoms. The zero-order valence-corrected chi connectivity index (χ0v) is 17.0. The van der Waals surface area contributed by atoms with E-state index < -0.39 is 47.9 Å². The number of imide groups is 1. The van der Waals surface area contributed by atoms with Crippen LogP contribution in [0.4, 0.5) is 4.79 Å². The van der Waals surface area contributed by atoms with Gasteiger partial charge in [0.25, 0.3) is 11.8 Å². The number of hydroxylamine groups is 2. The van der Waals surface area contributed by atoms with Crippen LogP contribution >= 0.6 is 0 Å². The molecule has 10 heteroatoms. The first kappa shape index (κ1) is 22.9. The molecule has 162 valence electrons. The lowest BCUT2D eigenvalue weighted by Gasteiger charge is -2.23. The third kappa shape index (κ3) is 7.19. The van der Waals surface area contributed by atoms with Gasteiger partial charge in [-0.1, -0.05) is 30.3 Å². The summed E-state index contributed by atoms with van der Waals surface area (Å²) in [4.78, 5) is 64.8. The van der Waals surface area contributed by atoms with Crippen molar-refractivity contribution < 1.29 is 38.3 Å². The van der Waals surface area contributed by atoms with Crippen LogP contribution in [-0.4, -0.2) is 46.6 Å². The van der Waals surface area contributed by atoms with Crippen LogP contribution in [0.25, 0.3) is 0 Å². The Balaban J connectivity index is 2.02. The van der Waals surface area contributed by atoms with Gasteiger partial charge >= 0.3 is 18.0 Å². The normalized spacial score (nSPS) is 14.8. The monoisotopic (exact) mass is 420 g/mol. The van der Waals surface area contributed by atoms with Gasteiger partial charge < -0.3 is 19.6 Å². The molecule has 1 aromatic rings. The second-order valence-corrected chi connectivity index (χ2v) is 7.54. The van der Waals surface area contributed by atoms with E-state index in [1.165, 1.54) is 0 Å². The van der Waals surface area contributed by atoms with Crippen molar-refractivity contribution in [3.05, 3.63) is 35.9 Å². The third-order valence-electron chi connectivity index (χ3n) is 3.78. The molecule has 1 saturated heterocycles. The molecular formula is C20H24N2O8. The number of nitrogens with zero attached hydrogens (tertiary/aromatic N) is 1. The largest absolute Gasteiger partial charge is 0.461 e. The SMILES string of the molecule is CC(C)(C)OC(=O)NC(CC(=O)OCc1ccccc1)C(=O)ON1C(=O)CCC1=O. The summed E-state index contributed by atoms with van der Waals surface area (Å²) in [5.74, 6) is -3.33. The molecule has 0 aliphatic carbocycles. The molecule has 0 spiro atoms. The van der Waals surface area contributed by atoms with Crippen LogP contribution in [0.15, 0.2) is 30.3 Å². The maximum absolute atomic E-state index is 12.5. The summed E-state index contributed by atoms with van der Waals surface area (Å²) in [6.45, 7) is 4.83. The lowest BCUT2D eigenvalue weighted by molar-refractivity contribution is -0.199. The quantitative estimate of drug-likeness (QED) is 0.521. The molecule has 1 aromatic carbocycles. The zero-order chi connectivity index (χ0) is 22.3. The number of nitrogens with one attached hydrogen (secondary N) is 1. The fraction of sp³-hybridized carbons (Fsp3) is 0.450. The molecular weight excluding hydrogens is 396 g/mol. The van der Waals surface area contributed by atoms with E-state index >= 15 is 0 Å². The van der Waals surface area contributed by atoms with E-state index in [1.54, 1.807) is 45.0 Å². The topological polar surface area (TPSA) is 128 Å². The number of hydrogen-bond acceptors (Lipinski definition) is 8. The van der Waals surface area contributed by atoms with Crippen molar-refractivity contribution in [2.45, 2.75) is 58.3 Å². The Morgan fingerprint density at radius 2 is 1.67 bits per heavy atom. The van der Waals surface area contributed by atoms with Gasteiger partial charge in [-0.2, -0.15) is 0 Å². The predicted octanol–water partition coefficient (Wildman–Crippen LogP) is 1.62. The highest BCUT2D eigenvalue weighted by atomic mass is 16.7. The summed E-state index contributed by atoms with van der Waals surface area (Å²) in [5, 5.41) is 2.55. The number of rotatable bonds is 7. The fourth-order valence-corrected chi connectivity index (χ4v) is 2.42. The highest BCUT2D eigenvalue weighted by Crippen LogP contribution is 2.14. The lowest BCUT2D eigenvalue weighted by Crippen LogP contribution is -2.48. The Bertz CT molecular complexity index is 800. The maximum Gasteiger partial charge on any atom is 0.408 e. The van der Waals surface area contributed by atoms with E-state index in [2.05, 4.69) is 5.32 Å². The van der Waals surface area contributed by atoms with E-state index in [0.717, 1.165) is 5.56 Å². The molecule has 1 atom stereocenters. The van der Waals surface area contributed by atoms with Gasteiger partial charge in [-0.25, -0.2) is 9.59 Å². The smallest absolute Gasteiger partial charge is 0.408 e. The molecule has 1 N–H and O–H groups in total. The summed E-state index contributed by atoms with van der Waals surface area (Å²) in [7, 11) is 0. The minimum Gasteiger partial charge on any atom is -0.461 e. The second-order valence-electron chi connectivity index (χ2n) is 7.54. The van der Waals surface area contributed by atoms with Crippen molar-refractivity contribution in [1.29, 1.82) is 0 Å². The summed E-state index contributed by atoms with van der Waals surface area (Å²) in [6, 6.07) is 7.34. The number of alkyl carbamates (subject to hydrolysis) is 1. The van der Waals surface area contributed by atoms with Crippen molar-refractivity contribution in [2.24, 2.45) is 0 Å². The van der Waals surface area contributed by atoms with E-state index in [1.807, 2.05) is 6.07 Å². The summed E-state index contributed by atoms with van der Waals surface area (Å²) >= 11 is 0. The number of hydrogen-bond donors (Lipinski definition) is 1. The van der Waals surface area contributed by atoms with Crippen molar-refractivity contribution in [2.75, 3.05) is 0 Å². The van der Waals surface area contributed by atoms with Crippen molar-refractivity contribution in [1.82, 2.24) is 10.4 Å². The molecule has 1 fully saturated rings. The van der Waals surface area contributed by atoms with Gasteiger partial charge in [0.05, 0.1) is 6.42 Å². The predicted molar refractivity (Wildman–Crippen MR) is 101 cm³/mol. The molecule has 0 radical (unpaired) electrons. The molecule has 3 amide bonds. The first-order chi connectivity index (χ1) is 14.0. The molecule has 10 nitrogen and oxygen atoms in total. The molecule has 1 heterocycles. The van der Waals surface area contributed by atoms with Gasteiger partial charge in [0, 0.05) is 12.8 Å². The number of ether oxygens (including phenoxy) is 2. The zero-order valence-electron chi connectivity index (χ0n) is 17.0. The Kier molecular flexibility index (Phi) is 7.51. The van der Waals surface area contributed by atoms with Crippen molar-refractivity contribution >= 4 is 29.8 Å². The first-order valence-corrected chi connectivity index (χ1v) is 9.32. The number of carbonyl (C=O) groups excluding carboxylic acids is 5. The molecule has 30 heavy (non-hydrogen) atoms. The van der Waals surface area contributed by atoms with E-state index in [-0.39, 0.29) is 19.4 Å². The van der Waals surface area contributed by atoms with Crippen LogP contribution in [0.3, 0.4) is 0 Å². The standard InChI is InChI=1S/C20H24N2O8/c1-20(2,3)29-19(27)21-14(18(26)30-22-15(23)9-10-16(22)24)11-17(25)28-12-13-7-5-4-6-8-13/h4-8,14H,9-12H2,1-3H3,(H,21,27). The molecule has 0 aromatic heterocycles. The van der Waals surface area contributed by atoms with Crippen LogP contribution < -0.4 is 5.32 Å². The average Bonchev–Trinajstić information content (AvgIpc) is 2.97. The minimum atomic E-state index is -1.52. The Hall–Kier alpha value is -3.43. The van der Waals surface area contributed by atoms with Crippen LogP contribution in [0.1, 0.15) is 45.6 Å². The fourth-order valence-electron chi connectivity index (χ4n) is 2.42. The van der Waals surface area contributed by atoms with Crippen LogP contribution in [0.5, 0.6) is 0 Å². The average molecular weight is 420 g/mol. The van der Waals surface area contributed by atoms with E-state index in [0.29, 0.717) is 5.06 Å². The number of benzene rings is 1. The van der Waals surface area contributed by atoms with Crippen LogP contribution in [0.2, 0.25) is 0 Å². The molecule has 0 saturated carbocycles. The minimum absolute atomic E-state index is 0.0308. The molecule has 1 unspecified atom stereocenters. The Morgan fingerprint density at radius 1 is 1.07 bits per heavy atom. The lowest BCUT2D eigenvalue weighted by atomic mass is 10.2. The maximum atomic E-state index is 12.5. The van der Waals surface area contributed by atoms with E-state index in [9.17, 15) is 24.0 Å². The van der Waals surface area contributed by atoms with Gasteiger partial charge in [-0.05, 0) is 26.3 Å². The Morgan fingerprint density at radius 3 is 2.23 bits per heavy atom. The van der Waals surface area contributed by atoms with Crippen LogP contribution in [-0.2, 0) is 40.1 Å². The summed E-state index contributed by atoms with van der Waals surface area (Å²) in [5.41, 5.74) is -0.119. The van der Waals surface area contributed by atoms with Crippen molar-refractivity contribution in [3.8, 4) is 0 Å². The second kappa shape index (κ2) is 9.86. The van der Waals surface area contributed by atoms with Gasteiger partial charge in [-0.3, -0.25) is 14.4 Å². The number of amides is 3. The van der Waals surface area contributed by atoms with Gasteiger partial charge in [0.1, 0.15) is 18.2 Å². The third-order valence-corrected chi connectivity index (χ3v) is 3.78. The number of esters is 1. The van der Waals surface area contributed by atoms with Gasteiger partial charge in [0.15, 0.2) is 0 Å². The van der Waals surface area contributed by atoms with Gasteiger partial charge in [0.2, 0.25) is 0 Å². The first-order valence-electron chi connectivity index (χ1n) is 9.32. The van der Waals surface area contributed by atoms with E-state index in [4.69, 9.17) is 14.3 Å². The highest BCUT2D eigenvalue weighted by Gasteiger charge is 2.36.